The van der Waals surface area contributed by atoms with Gasteiger partial charge in [-0.3, -0.25) is 0 Å². The number of hydrogen-bond acceptors (Lipinski definition) is 3. The molecule has 0 aliphatic rings. The number of nitrogens with zero attached hydrogens (tertiary/aromatic N) is 1. The molecule has 1 aromatic heterocycles. The van der Waals surface area contributed by atoms with E-state index in [4.69, 9.17) is 0 Å². The van der Waals surface area contributed by atoms with E-state index < -0.39 is 0 Å². The Kier molecular flexibility index (Phi) is 4.94. The van der Waals surface area contributed by atoms with E-state index in [1.165, 1.54) is 5.56 Å². The maximum absolute atomic E-state index is 4.56. The molecule has 0 radical (unpaired) electrons. The van der Waals surface area contributed by atoms with E-state index in [-0.39, 0.29) is 5.54 Å². The lowest BCUT2D eigenvalue weighted by atomic mass is 10.1. The molecule has 2 N–H and O–H groups in total. The molecule has 1 heterocycles. The average Bonchev–Trinajstić information content (AvgIpc) is 2.23. The van der Waals surface area contributed by atoms with Crippen LogP contribution in [0.1, 0.15) is 45.4 Å². The highest BCUT2D eigenvalue weighted by Gasteiger charge is 2.09. The lowest BCUT2D eigenvalue weighted by Gasteiger charge is -2.21. The van der Waals surface area contributed by atoms with Gasteiger partial charge in [0.2, 0.25) is 0 Å². The zero-order valence-electron chi connectivity index (χ0n) is 11.7. The molecular formula is C14H25N3. The van der Waals surface area contributed by atoms with Gasteiger partial charge in [0.05, 0.1) is 0 Å². The number of rotatable bonds is 5. The van der Waals surface area contributed by atoms with Crippen LogP contribution in [0, 0.1) is 6.92 Å². The third kappa shape index (κ3) is 5.18. The van der Waals surface area contributed by atoms with Crippen LogP contribution in [0.4, 0.5) is 5.82 Å². The van der Waals surface area contributed by atoms with Gasteiger partial charge in [-0.15, -0.1) is 0 Å². The van der Waals surface area contributed by atoms with Crippen LogP contribution in [0.25, 0.3) is 0 Å². The molecule has 0 unspecified atom stereocenters. The van der Waals surface area contributed by atoms with Crippen LogP contribution in [0.5, 0.6) is 0 Å². The molecule has 0 bridgehead atoms. The molecule has 0 aliphatic carbocycles. The molecule has 0 saturated carbocycles. The summed E-state index contributed by atoms with van der Waals surface area (Å²) in [7, 11) is 0. The Bertz CT molecular complexity index is 353. The fraction of sp³-hybridized carbons (Fsp3) is 0.643. The topological polar surface area (TPSA) is 37.0 Å². The molecule has 17 heavy (non-hydrogen) atoms. The van der Waals surface area contributed by atoms with Crippen molar-refractivity contribution in [3.63, 3.8) is 0 Å². The smallest absolute Gasteiger partial charge is 0.126 e. The zero-order valence-corrected chi connectivity index (χ0v) is 11.7. The van der Waals surface area contributed by atoms with Gasteiger partial charge >= 0.3 is 0 Å². The molecule has 96 valence electrons. The Morgan fingerprint density at radius 2 is 1.94 bits per heavy atom. The van der Waals surface area contributed by atoms with Gasteiger partial charge in [0, 0.05) is 24.3 Å². The molecular weight excluding hydrogens is 210 g/mol. The largest absolute Gasteiger partial charge is 0.370 e. The van der Waals surface area contributed by atoms with Crippen molar-refractivity contribution in [2.75, 3.05) is 11.9 Å². The first-order valence-corrected chi connectivity index (χ1v) is 6.38. The van der Waals surface area contributed by atoms with Crippen LogP contribution in [-0.2, 0) is 6.54 Å². The summed E-state index contributed by atoms with van der Waals surface area (Å²) in [6, 6.07) is 4.21. The molecule has 0 aliphatic heterocycles. The molecule has 0 spiro atoms. The number of nitrogens with one attached hydrogen (secondary N) is 2. The molecule has 0 saturated heterocycles. The van der Waals surface area contributed by atoms with E-state index in [1.54, 1.807) is 0 Å². The highest BCUT2D eigenvalue weighted by atomic mass is 15.0. The van der Waals surface area contributed by atoms with Gasteiger partial charge in [-0.05, 0) is 45.7 Å². The molecule has 0 aromatic carbocycles. The third-order valence-corrected chi connectivity index (χ3v) is 2.56. The number of aromatic nitrogens is 1. The summed E-state index contributed by atoms with van der Waals surface area (Å²) in [5.41, 5.74) is 2.51. The van der Waals surface area contributed by atoms with Gasteiger partial charge in [-0.1, -0.05) is 13.0 Å². The van der Waals surface area contributed by atoms with Crippen molar-refractivity contribution in [3.05, 3.63) is 23.4 Å². The lowest BCUT2D eigenvalue weighted by Crippen LogP contribution is -2.35. The normalized spacial score (nSPS) is 11.6. The second-order valence-corrected chi connectivity index (χ2v) is 5.47. The maximum atomic E-state index is 4.56. The fourth-order valence-corrected chi connectivity index (χ4v) is 1.49. The van der Waals surface area contributed by atoms with Gasteiger partial charge in [0.15, 0.2) is 0 Å². The minimum Gasteiger partial charge on any atom is -0.370 e. The Labute approximate surface area is 105 Å². The van der Waals surface area contributed by atoms with Crippen LogP contribution in [-0.4, -0.2) is 17.1 Å². The molecule has 0 amide bonds. The Morgan fingerprint density at radius 3 is 2.47 bits per heavy atom. The van der Waals surface area contributed by atoms with E-state index in [0.29, 0.717) is 0 Å². The van der Waals surface area contributed by atoms with E-state index in [0.717, 1.165) is 31.0 Å². The summed E-state index contributed by atoms with van der Waals surface area (Å²) in [6.45, 7) is 12.6. The third-order valence-electron chi connectivity index (χ3n) is 2.56. The predicted octanol–water partition coefficient (Wildman–Crippen LogP) is 3.10. The summed E-state index contributed by atoms with van der Waals surface area (Å²) < 4.78 is 0. The average molecular weight is 235 g/mol. The van der Waals surface area contributed by atoms with E-state index in [9.17, 15) is 0 Å². The van der Waals surface area contributed by atoms with Gasteiger partial charge in [0.25, 0.3) is 0 Å². The van der Waals surface area contributed by atoms with Crippen molar-refractivity contribution in [2.24, 2.45) is 0 Å². The highest BCUT2D eigenvalue weighted by molar-refractivity contribution is 5.38. The lowest BCUT2D eigenvalue weighted by molar-refractivity contribution is 0.423. The predicted molar refractivity (Wildman–Crippen MR) is 74.3 cm³/mol. The summed E-state index contributed by atoms with van der Waals surface area (Å²) in [4.78, 5) is 4.56. The van der Waals surface area contributed by atoms with Crippen LogP contribution in [0.15, 0.2) is 12.1 Å². The molecule has 3 nitrogen and oxygen atoms in total. The van der Waals surface area contributed by atoms with E-state index in [1.807, 2.05) is 0 Å². The maximum Gasteiger partial charge on any atom is 0.126 e. The Hall–Kier alpha value is -1.09. The Balaban J connectivity index is 2.63. The zero-order chi connectivity index (χ0) is 12.9. The van der Waals surface area contributed by atoms with Gasteiger partial charge in [-0.2, -0.15) is 0 Å². The van der Waals surface area contributed by atoms with Crippen LogP contribution in [0.3, 0.4) is 0 Å². The van der Waals surface area contributed by atoms with Crippen LogP contribution in [0.2, 0.25) is 0 Å². The molecule has 0 fully saturated rings. The summed E-state index contributed by atoms with van der Waals surface area (Å²) in [6.07, 6.45) is 1.12. The quantitative estimate of drug-likeness (QED) is 0.823. The minimum absolute atomic E-state index is 0.144. The van der Waals surface area contributed by atoms with Crippen molar-refractivity contribution in [1.29, 1.82) is 0 Å². The summed E-state index contributed by atoms with van der Waals surface area (Å²) in [5.74, 6) is 0.976. The van der Waals surface area contributed by atoms with Crippen molar-refractivity contribution in [3.8, 4) is 0 Å². The van der Waals surface area contributed by atoms with Crippen molar-refractivity contribution < 1.29 is 0 Å². The molecule has 3 heteroatoms. The van der Waals surface area contributed by atoms with Gasteiger partial charge in [0.1, 0.15) is 5.82 Å². The first-order valence-electron chi connectivity index (χ1n) is 6.38. The summed E-state index contributed by atoms with van der Waals surface area (Å²) >= 11 is 0. The number of hydrogen-bond donors (Lipinski definition) is 2. The molecule has 1 aromatic rings. The van der Waals surface area contributed by atoms with E-state index in [2.05, 4.69) is 62.4 Å². The van der Waals surface area contributed by atoms with Crippen molar-refractivity contribution >= 4 is 5.82 Å². The second kappa shape index (κ2) is 6.01. The van der Waals surface area contributed by atoms with Crippen molar-refractivity contribution in [1.82, 2.24) is 10.3 Å². The number of aryl methyl sites for hydroxylation is 1. The first kappa shape index (κ1) is 14.0. The second-order valence-electron chi connectivity index (χ2n) is 5.47. The molecule has 0 atom stereocenters. The van der Waals surface area contributed by atoms with Crippen LogP contribution < -0.4 is 10.6 Å². The monoisotopic (exact) mass is 235 g/mol. The minimum atomic E-state index is 0.144. The van der Waals surface area contributed by atoms with Crippen molar-refractivity contribution in [2.45, 2.75) is 53.1 Å². The summed E-state index contributed by atoms with van der Waals surface area (Å²) in [5, 5.41) is 6.78. The highest BCUT2D eigenvalue weighted by Crippen LogP contribution is 2.12. The van der Waals surface area contributed by atoms with E-state index >= 15 is 0 Å². The van der Waals surface area contributed by atoms with Crippen LogP contribution >= 0.6 is 0 Å². The Morgan fingerprint density at radius 1 is 1.24 bits per heavy atom. The fourth-order valence-electron chi connectivity index (χ4n) is 1.49. The molecule has 1 rings (SSSR count). The number of pyridine rings is 1. The standard InChI is InChI=1S/C14H25N3/c1-6-9-15-13-8-7-12(11(2)17-13)10-16-14(3,4)5/h7-8,16H,6,9-10H2,1-5H3,(H,15,17). The SMILES string of the molecule is CCCNc1ccc(CNC(C)(C)C)c(C)n1. The number of anilines is 1. The van der Waals surface area contributed by atoms with Gasteiger partial charge < -0.3 is 10.6 Å². The van der Waals surface area contributed by atoms with Gasteiger partial charge in [-0.25, -0.2) is 4.98 Å². The first-order chi connectivity index (χ1) is 7.92.